The first-order chi connectivity index (χ1) is 11.0. The van der Waals surface area contributed by atoms with Crippen LogP contribution in [-0.2, 0) is 9.59 Å². The summed E-state index contributed by atoms with van der Waals surface area (Å²) in [5.41, 5.74) is 5.93. The van der Waals surface area contributed by atoms with E-state index in [2.05, 4.69) is 11.8 Å². The summed E-state index contributed by atoms with van der Waals surface area (Å²) >= 11 is 0. The first-order valence-electron chi connectivity index (χ1n) is 9.37. The lowest BCUT2D eigenvalue weighted by atomic mass is 9.92. The minimum Gasteiger partial charge on any atom is -0.342 e. The summed E-state index contributed by atoms with van der Waals surface area (Å²) in [5, 5.41) is 0. The van der Waals surface area contributed by atoms with Crippen molar-refractivity contribution in [2.75, 3.05) is 26.2 Å². The van der Waals surface area contributed by atoms with Gasteiger partial charge >= 0.3 is 0 Å². The molecule has 1 aliphatic carbocycles. The molecule has 0 bridgehead atoms. The average Bonchev–Trinajstić information content (AvgIpc) is 3.00. The number of rotatable bonds is 2. The summed E-state index contributed by atoms with van der Waals surface area (Å²) in [4.78, 5) is 29.3. The van der Waals surface area contributed by atoms with Crippen LogP contribution < -0.4 is 5.73 Å². The van der Waals surface area contributed by atoms with Gasteiger partial charge < -0.3 is 15.5 Å². The van der Waals surface area contributed by atoms with Crippen LogP contribution in [0, 0.1) is 17.8 Å². The van der Waals surface area contributed by atoms with Crippen molar-refractivity contribution < 1.29 is 9.59 Å². The first kappa shape index (κ1) is 16.7. The van der Waals surface area contributed by atoms with Crippen LogP contribution in [0.1, 0.15) is 51.9 Å². The minimum absolute atomic E-state index is 0.121. The zero-order valence-electron chi connectivity index (χ0n) is 14.4. The quantitative estimate of drug-likeness (QED) is 0.840. The monoisotopic (exact) mass is 321 g/mol. The highest BCUT2D eigenvalue weighted by Gasteiger charge is 2.35. The van der Waals surface area contributed by atoms with Gasteiger partial charge in [0.15, 0.2) is 0 Å². The van der Waals surface area contributed by atoms with E-state index in [0.717, 1.165) is 64.7 Å². The van der Waals surface area contributed by atoms with Crippen LogP contribution in [0.25, 0.3) is 0 Å². The normalized spacial score (nSPS) is 33.0. The van der Waals surface area contributed by atoms with Gasteiger partial charge in [-0.3, -0.25) is 9.59 Å². The number of carbonyl (C=O) groups excluding carboxylic acids is 2. The Morgan fingerprint density at radius 2 is 1.57 bits per heavy atom. The maximum Gasteiger partial charge on any atom is 0.225 e. The molecule has 3 rings (SSSR count). The number of piperidine rings is 2. The molecule has 2 aliphatic heterocycles. The molecule has 0 aromatic heterocycles. The van der Waals surface area contributed by atoms with Gasteiger partial charge in [-0.15, -0.1) is 0 Å². The van der Waals surface area contributed by atoms with Gasteiger partial charge in [0, 0.05) is 44.1 Å². The van der Waals surface area contributed by atoms with E-state index in [9.17, 15) is 9.59 Å². The molecule has 0 spiro atoms. The molecule has 5 nitrogen and oxygen atoms in total. The Labute approximate surface area is 139 Å². The Kier molecular flexibility index (Phi) is 5.24. The van der Waals surface area contributed by atoms with Gasteiger partial charge in [0.2, 0.25) is 11.8 Å². The topological polar surface area (TPSA) is 66.6 Å². The lowest BCUT2D eigenvalue weighted by Gasteiger charge is -2.37. The van der Waals surface area contributed by atoms with Gasteiger partial charge in [-0.1, -0.05) is 6.92 Å². The van der Waals surface area contributed by atoms with Gasteiger partial charge in [-0.25, -0.2) is 0 Å². The van der Waals surface area contributed by atoms with E-state index in [1.54, 1.807) is 0 Å². The first-order valence-corrected chi connectivity index (χ1v) is 9.37. The van der Waals surface area contributed by atoms with E-state index in [-0.39, 0.29) is 23.8 Å². The fourth-order valence-corrected chi connectivity index (χ4v) is 4.49. The van der Waals surface area contributed by atoms with Crippen molar-refractivity contribution in [3.05, 3.63) is 0 Å². The highest BCUT2D eigenvalue weighted by atomic mass is 16.2. The van der Waals surface area contributed by atoms with Crippen LogP contribution in [0.2, 0.25) is 0 Å². The molecule has 3 aliphatic rings. The molecular weight excluding hydrogens is 290 g/mol. The lowest BCUT2D eigenvalue weighted by Crippen LogP contribution is -2.47. The zero-order valence-corrected chi connectivity index (χ0v) is 14.4. The number of amides is 2. The molecule has 0 aromatic carbocycles. The van der Waals surface area contributed by atoms with Crippen molar-refractivity contribution in [2.24, 2.45) is 23.5 Å². The van der Waals surface area contributed by atoms with Crippen LogP contribution in [0.3, 0.4) is 0 Å². The largest absolute Gasteiger partial charge is 0.342 e. The van der Waals surface area contributed by atoms with Gasteiger partial charge in [0.1, 0.15) is 0 Å². The second-order valence-electron chi connectivity index (χ2n) is 7.90. The Morgan fingerprint density at radius 3 is 2.17 bits per heavy atom. The van der Waals surface area contributed by atoms with Crippen LogP contribution in [0.5, 0.6) is 0 Å². The predicted molar refractivity (Wildman–Crippen MR) is 89.6 cm³/mol. The number of likely N-dealkylation sites (tertiary alicyclic amines) is 2. The number of carbonyl (C=O) groups is 2. The number of hydrogen-bond donors (Lipinski definition) is 1. The van der Waals surface area contributed by atoms with Gasteiger partial charge in [-0.2, -0.15) is 0 Å². The minimum atomic E-state index is 0.121. The lowest BCUT2D eigenvalue weighted by molar-refractivity contribution is -0.143. The summed E-state index contributed by atoms with van der Waals surface area (Å²) in [6.45, 7) is 5.54. The van der Waals surface area contributed by atoms with E-state index in [0.29, 0.717) is 11.8 Å². The maximum absolute atomic E-state index is 12.7. The molecule has 2 N–H and O–H groups in total. The second-order valence-corrected chi connectivity index (χ2v) is 7.90. The molecule has 5 heteroatoms. The molecule has 1 saturated carbocycles. The summed E-state index contributed by atoms with van der Waals surface area (Å²) in [5.74, 6) is 1.47. The summed E-state index contributed by atoms with van der Waals surface area (Å²) in [7, 11) is 0. The van der Waals surface area contributed by atoms with Crippen molar-refractivity contribution in [3.8, 4) is 0 Å². The summed E-state index contributed by atoms with van der Waals surface area (Å²) < 4.78 is 0. The summed E-state index contributed by atoms with van der Waals surface area (Å²) in [6.07, 6.45) is 6.77. The van der Waals surface area contributed by atoms with Gasteiger partial charge in [0.05, 0.1) is 0 Å². The molecule has 0 radical (unpaired) electrons. The van der Waals surface area contributed by atoms with E-state index >= 15 is 0 Å². The van der Waals surface area contributed by atoms with Crippen molar-refractivity contribution in [2.45, 2.75) is 57.9 Å². The van der Waals surface area contributed by atoms with Gasteiger partial charge in [-0.05, 0) is 50.9 Å². The van der Waals surface area contributed by atoms with E-state index in [1.165, 1.54) is 6.42 Å². The molecule has 23 heavy (non-hydrogen) atoms. The van der Waals surface area contributed by atoms with E-state index in [1.807, 2.05) is 4.90 Å². The predicted octanol–water partition coefficient (Wildman–Crippen LogP) is 1.61. The Bertz CT molecular complexity index is 446. The van der Waals surface area contributed by atoms with Crippen LogP contribution in [0.15, 0.2) is 0 Å². The molecule has 3 atom stereocenters. The van der Waals surface area contributed by atoms with Crippen molar-refractivity contribution in [3.63, 3.8) is 0 Å². The highest BCUT2D eigenvalue weighted by Crippen LogP contribution is 2.29. The molecule has 2 amide bonds. The second kappa shape index (κ2) is 7.20. The van der Waals surface area contributed by atoms with Crippen molar-refractivity contribution >= 4 is 11.8 Å². The van der Waals surface area contributed by atoms with E-state index < -0.39 is 0 Å². The smallest absolute Gasteiger partial charge is 0.225 e. The number of nitrogens with two attached hydrogens (primary N) is 1. The molecule has 130 valence electrons. The summed E-state index contributed by atoms with van der Waals surface area (Å²) in [6, 6.07) is 0.198. The molecule has 3 unspecified atom stereocenters. The Morgan fingerprint density at radius 1 is 0.870 bits per heavy atom. The molecule has 2 saturated heterocycles. The standard InChI is InChI=1S/C18H31N3O2/c1-13-3-2-8-21(12-13)17(22)14-6-9-20(10-7-14)18(23)15-4-5-16(19)11-15/h13-16H,2-12,19H2,1H3. The van der Waals surface area contributed by atoms with Gasteiger partial charge in [0.25, 0.3) is 0 Å². The Hall–Kier alpha value is -1.10. The molecule has 3 fully saturated rings. The molecule has 0 aromatic rings. The third-order valence-electron chi connectivity index (χ3n) is 5.95. The highest BCUT2D eigenvalue weighted by molar-refractivity contribution is 5.81. The van der Waals surface area contributed by atoms with Crippen LogP contribution in [0.4, 0.5) is 0 Å². The van der Waals surface area contributed by atoms with Crippen molar-refractivity contribution in [1.82, 2.24) is 9.80 Å². The number of hydrogen-bond acceptors (Lipinski definition) is 3. The zero-order chi connectivity index (χ0) is 16.4. The average molecular weight is 321 g/mol. The number of nitrogens with zero attached hydrogens (tertiary/aromatic N) is 2. The molecule has 2 heterocycles. The van der Waals surface area contributed by atoms with E-state index in [4.69, 9.17) is 5.73 Å². The van der Waals surface area contributed by atoms with Crippen molar-refractivity contribution in [1.29, 1.82) is 0 Å². The Balaban J connectivity index is 1.48. The SMILES string of the molecule is CC1CCCN(C(=O)C2CCN(C(=O)C3CCC(N)C3)CC2)C1. The fourth-order valence-electron chi connectivity index (χ4n) is 4.49. The maximum atomic E-state index is 12.7. The van der Waals surface area contributed by atoms with Crippen LogP contribution in [-0.4, -0.2) is 53.8 Å². The van der Waals surface area contributed by atoms with Crippen LogP contribution >= 0.6 is 0 Å². The third kappa shape index (κ3) is 3.87. The fraction of sp³-hybridized carbons (Fsp3) is 0.889. The third-order valence-corrected chi connectivity index (χ3v) is 5.95. The molecular formula is C18H31N3O2.